The third-order valence-corrected chi connectivity index (χ3v) is 10.6. The maximum Gasteiger partial charge on any atom is 0.342 e. The van der Waals surface area contributed by atoms with Crippen molar-refractivity contribution in [3.05, 3.63) is 76.6 Å². The molecule has 3 atom stereocenters. The first-order valence-electron chi connectivity index (χ1n) is 18.5. The SMILES string of the molecule is COc1cc(C(CC(=O)N[C@@H](CCSC)c2nc3ccccc3n2C)c2c(O)cc3c(c2O)C(=O)O[C@@H](C)CCCC(=O)CCCC=C3)cc(OC)c1OC. The van der Waals surface area contributed by atoms with E-state index in [-0.39, 0.29) is 40.6 Å². The fourth-order valence-electron chi connectivity index (χ4n) is 7.12. The molecule has 0 aliphatic carbocycles. The van der Waals surface area contributed by atoms with Gasteiger partial charge in [-0.05, 0) is 92.5 Å². The summed E-state index contributed by atoms with van der Waals surface area (Å²) >= 11 is 1.65. The van der Waals surface area contributed by atoms with Crippen LogP contribution in [0.15, 0.2) is 48.5 Å². The standard InChI is InChI=1S/C42H51N3O9S/c1-25-13-12-16-28(46)15-9-7-8-14-26-21-33(47)38(39(49)37(26)42(50)54-25)29(27-22-34(51-3)40(53-5)35(23-27)52-4)24-36(48)43-31(19-20-55-6)41-44-30-17-10-11-18-32(30)45(41)2/h8,10-11,14,17-18,21-23,25,29,31,47,49H,7,9,12-13,15-16,19-20,24H2,1-6H3,(H,43,48)/t25-,29?,31-/m0/s1. The maximum absolute atomic E-state index is 14.3. The number of nitrogens with zero attached hydrogens (tertiary/aromatic N) is 2. The first-order chi connectivity index (χ1) is 26.5. The fourth-order valence-corrected chi connectivity index (χ4v) is 7.60. The molecule has 4 aromatic rings. The van der Waals surface area contributed by atoms with Crippen LogP contribution in [0.1, 0.15) is 103 Å². The Kier molecular flexibility index (Phi) is 14.1. The molecular formula is C42H51N3O9S. The number of allylic oxidation sites excluding steroid dienone is 1. The summed E-state index contributed by atoms with van der Waals surface area (Å²) in [4.78, 5) is 45.4. The van der Waals surface area contributed by atoms with Gasteiger partial charge in [0.1, 0.15) is 28.7 Å². The number of rotatable bonds is 12. The molecule has 0 saturated heterocycles. The topological polar surface area (TPSA) is 158 Å². The average molecular weight is 774 g/mol. The molecule has 55 heavy (non-hydrogen) atoms. The molecule has 0 fully saturated rings. The van der Waals surface area contributed by atoms with Gasteiger partial charge in [0.2, 0.25) is 11.7 Å². The average Bonchev–Trinajstić information content (AvgIpc) is 3.50. The van der Waals surface area contributed by atoms with E-state index in [1.807, 2.05) is 42.1 Å². The Balaban J connectivity index is 1.63. The summed E-state index contributed by atoms with van der Waals surface area (Å²) < 4.78 is 24.7. The van der Waals surface area contributed by atoms with Crippen LogP contribution in [0.3, 0.4) is 0 Å². The molecule has 2 heterocycles. The van der Waals surface area contributed by atoms with E-state index in [4.69, 9.17) is 23.9 Å². The van der Waals surface area contributed by atoms with Gasteiger partial charge in [0.15, 0.2) is 11.5 Å². The number of amides is 1. The van der Waals surface area contributed by atoms with Gasteiger partial charge >= 0.3 is 5.97 Å². The molecule has 0 radical (unpaired) electrons. The highest BCUT2D eigenvalue weighted by molar-refractivity contribution is 7.98. The van der Waals surface area contributed by atoms with E-state index in [9.17, 15) is 24.6 Å². The zero-order valence-electron chi connectivity index (χ0n) is 32.3. The quantitative estimate of drug-likeness (QED) is 0.122. The van der Waals surface area contributed by atoms with Crippen molar-refractivity contribution in [2.45, 2.75) is 76.4 Å². The van der Waals surface area contributed by atoms with Crippen molar-refractivity contribution in [1.82, 2.24) is 14.9 Å². The van der Waals surface area contributed by atoms with Crippen LogP contribution in [0.5, 0.6) is 28.7 Å². The fraction of sp³-hybridized carbons (Fsp3) is 0.429. The van der Waals surface area contributed by atoms with Gasteiger partial charge in [-0.25, -0.2) is 9.78 Å². The number of ketones is 1. The van der Waals surface area contributed by atoms with Gasteiger partial charge < -0.3 is 39.0 Å². The number of thioether (sulfide) groups is 1. The number of carbonyl (C=O) groups is 3. The Morgan fingerprint density at radius 2 is 1.76 bits per heavy atom. The van der Waals surface area contributed by atoms with E-state index in [0.29, 0.717) is 73.6 Å². The number of phenols is 2. The third kappa shape index (κ3) is 9.56. The summed E-state index contributed by atoms with van der Waals surface area (Å²) in [6.07, 6.45) is 8.27. The first-order valence-corrected chi connectivity index (χ1v) is 19.9. The number of benzene rings is 3. The maximum atomic E-state index is 14.3. The van der Waals surface area contributed by atoms with Crippen LogP contribution in [-0.4, -0.2) is 76.9 Å². The van der Waals surface area contributed by atoms with Gasteiger partial charge in [-0.3, -0.25) is 9.59 Å². The van der Waals surface area contributed by atoms with E-state index in [0.717, 1.165) is 16.8 Å². The lowest BCUT2D eigenvalue weighted by Crippen LogP contribution is -2.32. The number of esters is 1. The molecule has 0 bridgehead atoms. The molecule has 0 spiro atoms. The number of imidazole rings is 1. The second kappa shape index (κ2) is 18.9. The third-order valence-electron chi connectivity index (χ3n) is 9.96. The molecule has 3 N–H and O–H groups in total. The van der Waals surface area contributed by atoms with Crippen LogP contribution in [0, 0.1) is 0 Å². The summed E-state index contributed by atoms with van der Waals surface area (Å²) in [7, 11) is 6.33. The van der Waals surface area contributed by atoms with Gasteiger partial charge in [0.05, 0.1) is 44.5 Å². The largest absolute Gasteiger partial charge is 0.507 e. The highest BCUT2D eigenvalue weighted by Gasteiger charge is 2.33. The van der Waals surface area contributed by atoms with Gasteiger partial charge in [-0.15, -0.1) is 0 Å². The normalized spacial score (nSPS) is 16.4. The predicted molar refractivity (Wildman–Crippen MR) is 214 cm³/mol. The molecule has 1 aliphatic heterocycles. The number of hydrogen-bond acceptors (Lipinski definition) is 11. The van der Waals surface area contributed by atoms with Gasteiger partial charge in [0, 0.05) is 37.8 Å². The lowest BCUT2D eigenvalue weighted by molar-refractivity contribution is -0.122. The molecule has 1 unspecified atom stereocenters. The second-order valence-corrected chi connectivity index (χ2v) is 14.7. The minimum absolute atomic E-state index is 0.0451. The lowest BCUT2D eigenvalue weighted by Gasteiger charge is -2.25. The number of ether oxygens (including phenoxy) is 4. The Morgan fingerprint density at radius 3 is 2.44 bits per heavy atom. The Morgan fingerprint density at radius 1 is 1.05 bits per heavy atom. The number of nitrogens with one attached hydrogen (secondary N) is 1. The molecular weight excluding hydrogens is 723 g/mol. The van der Waals surface area contributed by atoms with Crippen molar-refractivity contribution in [3.8, 4) is 28.7 Å². The molecule has 294 valence electrons. The minimum Gasteiger partial charge on any atom is -0.507 e. The number of phenolic OH excluding ortho intramolecular Hbond substituents is 2. The molecule has 1 aromatic heterocycles. The second-order valence-electron chi connectivity index (χ2n) is 13.7. The Hall–Kier alpha value is -5.17. The van der Waals surface area contributed by atoms with Crippen LogP contribution >= 0.6 is 11.8 Å². The smallest absolute Gasteiger partial charge is 0.342 e. The summed E-state index contributed by atoms with van der Waals surface area (Å²) in [6, 6.07) is 12.0. The zero-order chi connectivity index (χ0) is 39.6. The Bertz CT molecular complexity index is 2020. The molecule has 3 aromatic carbocycles. The molecule has 0 saturated carbocycles. The Labute approximate surface area is 326 Å². The van der Waals surface area contributed by atoms with E-state index >= 15 is 0 Å². The number of fused-ring (bicyclic) bond motifs is 2. The van der Waals surface area contributed by atoms with Crippen molar-refractivity contribution in [2.75, 3.05) is 33.3 Å². The van der Waals surface area contributed by atoms with Crippen LogP contribution in [0.4, 0.5) is 0 Å². The number of hydrogen-bond donors (Lipinski definition) is 3. The van der Waals surface area contributed by atoms with Gasteiger partial charge in [-0.2, -0.15) is 11.8 Å². The van der Waals surface area contributed by atoms with Crippen molar-refractivity contribution < 1.29 is 43.5 Å². The minimum atomic E-state index is -1.02. The van der Waals surface area contributed by atoms with Crippen LogP contribution in [-0.2, 0) is 21.4 Å². The van der Waals surface area contributed by atoms with Crippen molar-refractivity contribution in [3.63, 3.8) is 0 Å². The monoisotopic (exact) mass is 773 g/mol. The van der Waals surface area contributed by atoms with Crippen LogP contribution < -0.4 is 19.5 Å². The molecule has 5 rings (SSSR count). The number of aryl methyl sites for hydroxylation is 1. The van der Waals surface area contributed by atoms with E-state index in [2.05, 4.69) is 5.32 Å². The zero-order valence-corrected chi connectivity index (χ0v) is 33.2. The van der Waals surface area contributed by atoms with E-state index in [1.165, 1.54) is 27.4 Å². The molecule has 1 amide bonds. The van der Waals surface area contributed by atoms with Gasteiger partial charge in [-0.1, -0.05) is 24.3 Å². The lowest BCUT2D eigenvalue weighted by atomic mass is 9.84. The summed E-state index contributed by atoms with van der Waals surface area (Å²) in [5, 5.41) is 27.1. The van der Waals surface area contributed by atoms with Crippen molar-refractivity contribution >= 4 is 46.5 Å². The van der Waals surface area contributed by atoms with Crippen LogP contribution in [0.2, 0.25) is 0 Å². The summed E-state index contributed by atoms with van der Waals surface area (Å²) in [5.74, 6) is -0.527. The number of methoxy groups -OCH3 is 3. The van der Waals surface area contributed by atoms with Crippen molar-refractivity contribution in [2.24, 2.45) is 7.05 Å². The van der Waals surface area contributed by atoms with E-state index < -0.39 is 29.8 Å². The van der Waals surface area contributed by atoms with Crippen LogP contribution in [0.25, 0.3) is 17.1 Å². The van der Waals surface area contributed by atoms with Crippen molar-refractivity contribution in [1.29, 1.82) is 0 Å². The predicted octanol–water partition coefficient (Wildman–Crippen LogP) is 7.62. The summed E-state index contributed by atoms with van der Waals surface area (Å²) in [5.41, 5.74) is 2.24. The highest BCUT2D eigenvalue weighted by atomic mass is 32.2. The number of aromatic hydroxyl groups is 2. The number of aromatic nitrogens is 2. The number of Topliss-reactive ketones (excluding diaryl/α,β-unsaturated/α-hetero) is 1. The van der Waals surface area contributed by atoms with Gasteiger partial charge in [0.25, 0.3) is 0 Å². The molecule has 12 nitrogen and oxygen atoms in total. The summed E-state index contributed by atoms with van der Waals surface area (Å²) in [6.45, 7) is 1.74. The number of para-hydroxylation sites is 2. The highest BCUT2D eigenvalue weighted by Crippen LogP contribution is 2.48. The molecule has 1 aliphatic rings. The number of cyclic esters (lactones) is 1. The van der Waals surface area contributed by atoms with E-state index in [1.54, 1.807) is 43.0 Å². The first kappa shape index (κ1) is 41.0. The number of carbonyl (C=O) groups excluding carboxylic acids is 3. The molecule has 13 heteroatoms.